The highest BCUT2D eigenvalue weighted by Gasteiger charge is 2.37. The number of ether oxygens (including phenoxy) is 2. The van der Waals surface area contributed by atoms with Crippen LogP contribution >= 0.6 is 11.6 Å². The largest absolute Gasteiger partial charge is 0.493 e. The van der Waals surface area contributed by atoms with Gasteiger partial charge in [0.2, 0.25) is 0 Å². The highest BCUT2D eigenvalue weighted by Crippen LogP contribution is 2.36. The first-order chi connectivity index (χ1) is 14.1. The maximum Gasteiger partial charge on any atom is 0.122 e. The normalized spacial score (nSPS) is 26.3. The predicted molar refractivity (Wildman–Crippen MR) is 112 cm³/mol. The molecule has 0 radical (unpaired) electrons. The van der Waals surface area contributed by atoms with Crippen molar-refractivity contribution in [2.45, 2.75) is 44.0 Å². The van der Waals surface area contributed by atoms with Gasteiger partial charge in [-0.3, -0.25) is 0 Å². The van der Waals surface area contributed by atoms with E-state index < -0.39 is 18.1 Å². The van der Waals surface area contributed by atoms with Crippen LogP contribution in [0.1, 0.15) is 41.2 Å². The molecule has 0 amide bonds. The van der Waals surface area contributed by atoms with Crippen molar-refractivity contribution in [1.82, 2.24) is 0 Å². The molecule has 0 aliphatic carbocycles. The summed E-state index contributed by atoms with van der Waals surface area (Å²) in [5, 5.41) is 20.7. The van der Waals surface area contributed by atoms with E-state index in [4.69, 9.17) is 27.5 Å². The number of fused-ring (bicyclic) bond motifs is 1. The molecule has 2 aromatic rings. The van der Waals surface area contributed by atoms with E-state index in [-0.39, 0.29) is 12.7 Å². The van der Waals surface area contributed by atoms with Crippen LogP contribution in [0, 0.1) is 18.3 Å². The van der Waals surface area contributed by atoms with Crippen molar-refractivity contribution in [3.8, 4) is 18.1 Å². The molecular weight excluding hydrogens is 388 g/mol. The smallest absolute Gasteiger partial charge is 0.122 e. The van der Waals surface area contributed by atoms with Gasteiger partial charge >= 0.3 is 0 Å². The molecule has 1 saturated heterocycles. The number of hydrogen-bond acceptors (Lipinski definition) is 4. The Balaban J connectivity index is 1.56. The van der Waals surface area contributed by atoms with Gasteiger partial charge in [-0.2, -0.15) is 0 Å². The molecular formula is C24H25ClO4. The molecule has 152 valence electrons. The maximum absolute atomic E-state index is 10.4. The van der Waals surface area contributed by atoms with Crippen LogP contribution in [0.4, 0.5) is 0 Å². The Morgan fingerprint density at radius 1 is 1.21 bits per heavy atom. The van der Waals surface area contributed by atoms with E-state index in [1.54, 1.807) is 0 Å². The number of rotatable bonds is 4. The lowest BCUT2D eigenvalue weighted by molar-refractivity contribution is -0.136. The van der Waals surface area contributed by atoms with Gasteiger partial charge in [0.05, 0.1) is 37.4 Å². The van der Waals surface area contributed by atoms with Crippen molar-refractivity contribution in [2.24, 2.45) is 5.92 Å². The van der Waals surface area contributed by atoms with E-state index in [2.05, 4.69) is 18.1 Å². The van der Waals surface area contributed by atoms with Crippen LogP contribution in [0.15, 0.2) is 36.4 Å². The summed E-state index contributed by atoms with van der Waals surface area (Å²) in [6, 6.07) is 12.1. The van der Waals surface area contributed by atoms with Crippen molar-refractivity contribution in [2.75, 3.05) is 13.2 Å². The Morgan fingerprint density at radius 2 is 2.07 bits per heavy atom. The second-order valence-corrected chi connectivity index (χ2v) is 8.17. The Labute approximate surface area is 176 Å². The number of hydrogen-bond donors (Lipinski definition) is 2. The highest BCUT2D eigenvalue weighted by atomic mass is 35.5. The van der Waals surface area contributed by atoms with E-state index in [0.29, 0.717) is 17.9 Å². The Bertz CT molecular complexity index is 920. The molecule has 4 nitrogen and oxygen atoms in total. The molecule has 29 heavy (non-hydrogen) atoms. The van der Waals surface area contributed by atoms with Crippen LogP contribution in [-0.2, 0) is 17.6 Å². The summed E-state index contributed by atoms with van der Waals surface area (Å²) >= 11 is 6.48. The lowest BCUT2D eigenvalue weighted by Crippen LogP contribution is -2.42. The fraction of sp³-hybridized carbons (Fsp3) is 0.417. The Hall–Kier alpha value is -2.03. The summed E-state index contributed by atoms with van der Waals surface area (Å²) in [6.07, 6.45) is 7.04. The van der Waals surface area contributed by atoms with Crippen LogP contribution in [0.25, 0.3) is 0 Å². The molecule has 0 aromatic heterocycles. The van der Waals surface area contributed by atoms with Gasteiger partial charge < -0.3 is 19.7 Å². The molecule has 4 rings (SSSR count). The molecule has 1 unspecified atom stereocenters. The number of aliphatic hydroxyl groups is 2. The van der Waals surface area contributed by atoms with E-state index in [1.807, 2.05) is 24.3 Å². The minimum absolute atomic E-state index is 0.222. The summed E-state index contributed by atoms with van der Waals surface area (Å²) in [5.74, 6) is 3.01. The van der Waals surface area contributed by atoms with Crippen LogP contribution in [0.5, 0.6) is 5.75 Å². The van der Waals surface area contributed by atoms with Crippen LogP contribution in [0.3, 0.4) is 0 Å². The zero-order valence-electron chi connectivity index (χ0n) is 16.2. The maximum atomic E-state index is 10.4. The van der Waals surface area contributed by atoms with Crippen LogP contribution in [-0.4, -0.2) is 35.6 Å². The first kappa shape index (κ1) is 20.3. The van der Waals surface area contributed by atoms with Gasteiger partial charge in [-0.1, -0.05) is 41.8 Å². The first-order valence-corrected chi connectivity index (χ1v) is 10.4. The minimum atomic E-state index is -0.712. The summed E-state index contributed by atoms with van der Waals surface area (Å²) in [5.41, 5.74) is 4.35. The van der Waals surface area contributed by atoms with Crippen molar-refractivity contribution in [3.63, 3.8) is 0 Å². The van der Waals surface area contributed by atoms with Crippen LogP contribution in [0.2, 0.25) is 5.02 Å². The lowest BCUT2D eigenvalue weighted by atomic mass is 9.87. The molecule has 2 N–H and O–H groups in total. The summed E-state index contributed by atoms with van der Waals surface area (Å²) < 4.78 is 11.7. The highest BCUT2D eigenvalue weighted by molar-refractivity contribution is 6.31. The minimum Gasteiger partial charge on any atom is -0.493 e. The van der Waals surface area contributed by atoms with Gasteiger partial charge in [-0.15, -0.1) is 6.42 Å². The van der Waals surface area contributed by atoms with E-state index in [9.17, 15) is 10.2 Å². The van der Waals surface area contributed by atoms with Gasteiger partial charge in [0, 0.05) is 11.4 Å². The second-order valence-electron chi connectivity index (χ2n) is 7.76. The number of aliphatic hydroxyl groups excluding tert-OH is 2. The average molecular weight is 413 g/mol. The van der Waals surface area contributed by atoms with E-state index >= 15 is 0 Å². The molecule has 2 aliphatic rings. The summed E-state index contributed by atoms with van der Waals surface area (Å²) in [7, 11) is 0. The SMILES string of the molecule is C#CC1[C@H](O)C[C@H](c2ccc(Cl)c(Cc3ccc4c(c3)CCCO4)c2)O[C@@H]1CO. The fourth-order valence-electron chi connectivity index (χ4n) is 4.23. The Morgan fingerprint density at radius 3 is 2.86 bits per heavy atom. The number of halogens is 1. The van der Waals surface area contributed by atoms with Crippen molar-refractivity contribution in [3.05, 3.63) is 63.7 Å². The zero-order chi connectivity index (χ0) is 20.4. The number of benzene rings is 2. The molecule has 0 saturated carbocycles. The number of aryl methyl sites for hydroxylation is 1. The number of terminal acetylenes is 1. The molecule has 0 spiro atoms. The lowest BCUT2D eigenvalue weighted by Gasteiger charge is -2.37. The zero-order valence-corrected chi connectivity index (χ0v) is 16.9. The molecule has 5 heteroatoms. The van der Waals surface area contributed by atoms with Gasteiger partial charge in [-0.05, 0) is 53.6 Å². The summed E-state index contributed by atoms with van der Waals surface area (Å²) in [6.45, 7) is 0.558. The van der Waals surface area contributed by atoms with Crippen LogP contribution < -0.4 is 4.74 Å². The third kappa shape index (κ3) is 4.29. The third-order valence-electron chi connectivity index (χ3n) is 5.79. The van der Waals surface area contributed by atoms with Crippen molar-refractivity contribution in [1.29, 1.82) is 0 Å². The molecule has 2 aliphatic heterocycles. The predicted octanol–water partition coefficient (Wildman–Crippen LogP) is 3.69. The molecule has 1 fully saturated rings. The van der Waals surface area contributed by atoms with Crippen molar-refractivity contribution < 1.29 is 19.7 Å². The summed E-state index contributed by atoms with van der Waals surface area (Å²) in [4.78, 5) is 0. The fourth-order valence-corrected chi connectivity index (χ4v) is 4.41. The molecule has 2 heterocycles. The third-order valence-corrected chi connectivity index (χ3v) is 6.16. The van der Waals surface area contributed by atoms with Gasteiger partial charge in [0.25, 0.3) is 0 Å². The second kappa shape index (κ2) is 8.77. The topological polar surface area (TPSA) is 58.9 Å². The molecule has 0 bridgehead atoms. The molecule has 2 aromatic carbocycles. The van der Waals surface area contributed by atoms with E-state index in [1.165, 1.54) is 11.1 Å². The van der Waals surface area contributed by atoms with Gasteiger partial charge in [0.1, 0.15) is 5.75 Å². The first-order valence-electron chi connectivity index (χ1n) is 10.0. The quantitative estimate of drug-likeness (QED) is 0.752. The van der Waals surface area contributed by atoms with Gasteiger partial charge in [0.15, 0.2) is 0 Å². The average Bonchev–Trinajstić information content (AvgIpc) is 2.74. The standard InChI is InChI=1S/C24H25ClO4/c1-2-19-21(27)13-23(29-24(19)14-26)17-6-7-20(25)18(12-17)11-15-5-8-22-16(10-15)4-3-9-28-22/h1,5-8,10,12,19,21,23-24,26-27H,3-4,9,11,13-14H2/t19?,21-,23-,24-/m1/s1. The Kier molecular flexibility index (Phi) is 6.12. The monoisotopic (exact) mass is 412 g/mol. The van der Waals surface area contributed by atoms with Gasteiger partial charge in [-0.25, -0.2) is 0 Å². The molecule has 4 atom stereocenters. The van der Waals surface area contributed by atoms with Crippen molar-refractivity contribution >= 4 is 11.6 Å². The van der Waals surface area contributed by atoms with E-state index in [0.717, 1.165) is 36.3 Å².